The van der Waals surface area contributed by atoms with Gasteiger partial charge in [0.25, 0.3) is 0 Å². The minimum atomic E-state index is -0.201. The van der Waals surface area contributed by atoms with Crippen molar-refractivity contribution in [3.8, 4) is 0 Å². The molecule has 0 saturated carbocycles. The molecule has 1 rings (SSSR count). The molecular formula is C8H9BrFN. The summed E-state index contributed by atoms with van der Waals surface area (Å²) in [6, 6.07) is 1.72. The van der Waals surface area contributed by atoms with Gasteiger partial charge in [-0.3, -0.25) is 4.98 Å². The third kappa shape index (κ3) is 2.58. The molecule has 11 heavy (non-hydrogen) atoms. The summed E-state index contributed by atoms with van der Waals surface area (Å²) in [4.78, 5) is 3.67. The number of alkyl halides is 1. The molecule has 0 aliphatic carbocycles. The molecule has 0 fully saturated rings. The Balaban J connectivity index is 2.62. The number of hydrogen-bond acceptors (Lipinski definition) is 1. The molecule has 0 atom stereocenters. The molecule has 0 unspecified atom stereocenters. The van der Waals surface area contributed by atoms with Crippen LogP contribution in [0.15, 0.2) is 18.5 Å². The predicted molar refractivity (Wildman–Crippen MR) is 46.3 cm³/mol. The number of nitrogens with zero attached hydrogens (tertiary/aromatic N) is 1. The van der Waals surface area contributed by atoms with Crippen LogP contribution in [0.25, 0.3) is 0 Å². The number of pyridine rings is 1. The second kappa shape index (κ2) is 4.44. The smallest absolute Gasteiger partial charge is 0.144 e. The van der Waals surface area contributed by atoms with E-state index in [0.29, 0.717) is 0 Å². The van der Waals surface area contributed by atoms with Gasteiger partial charge in [0, 0.05) is 11.5 Å². The first-order valence-electron chi connectivity index (χ1n) is 3.49. The molecule has 0 bridgehead atoms. The number of halogens is 2. The highest BCUT2D eigenvalue weighted by molar-refractivity contribution is 9.09. The van der Waals surface area contributed by atoms with E-state index >= 15 is 0 Å². The molecule has 0 aromatic carbocycles. The topological polar surface area (TPSA) is 12.9 Å². The zero-order valence-electron chi connectivity index (χ0n) is 6.06. The molecule has 0 aliphatic heterocycles. The van der Waals surface area contributed by atoms with E-state index in [2.05, 4.69) is 20.9 Å². The highest BCUT2D eigenvalue weighted by Crippen LogP contribution is 2.07. The maximum Gasteiger partial charge on any atom is 0.144 e. The van der Waals surface area contributed by atoms with E-state index in [1.807, 2.05) is 0 Å². The Morgan fingerprint density at radius 1 is 1.55 bits per heavy atom. The van der Waals surface area contributed by atoms with Gasteiger partial charge in [0.05, 0.1) is 6.20 Å². The van der Waals surface area contributed by atoms with E-state index in [4.69, 9.17) is 0 Å². The highest BCUT2D eigenvalue weighted by atomic mass is 79.9. The van der Waals surface area contributed by atoms with Gasteiger partial charge < -0.3 is 0 Å². The van der Waals surface area contributed by atoms with Crippen molar-refractivity contribution in [3.63, 3.8) is 0 Å². The minimum absolute atomic E-state index is 0.201. The Bertz CT molecular complexity index is 227. The summed E-state index contributed by atoms with van der Waals surface area (Å²) in [5.74, 6) is -0.201. The van der Waals surface area contributed by atoms with Gasteiger partial charge >= 0.3 is 0 Å². The monoisotopic (exact) mass is 217 g/mol. The molecular weight excluding hydrogens is 209 g/mol. The van der Waals surface area contributed by atoms with Gasteiger partial charge in [0.2, 0.25) is 0 Å². The van der Waals surface area contributed by atoms with Crippen molar-refractivity contribution in [1.29, 1.82) is 0 Å². The average Bonchev–Trinajstić information content (AvgIpc) is 2.03. The van der Waals surface area contributed by atoms with Crippen LogP contribution < -0.4 is 0 Å². The quantitative estimate of drug-likeness (QED) is 0.710. The van der Waals surface area contributed by atoms with Crippen LogP contribution in [0.4, 0.5) is 4.39 Å². The summed E-state index contributed by atoms with van der Waals surface area (Å²) < 4.78 is 12.8. The van der Waals surface area contributed by atoms with Crippen LogP contribution in [-0.4, -0.2) is 10.3 Å². The standard InChI is InChI=1S/C8H9BrFN/c9-4-1-2-7-3-5-11-6-8(7)10/h3,5-6H,1-2,4H2. The second-order valence-electron chi connectivity index (χ2n) is 2.26. The van der Waals surface area contributed by atoms with Crippen LogP contribution in [0.5, 0.6) is 0 Å². The lowest BCUT2D eigenvalue weighted by molar-refractivity contribution is 0.601. The molecule has 1 heterocycles. The Labute approximate surface area is 73.8 Å². The average molecular weight is 218 g/mol. The summed E-state index contributed by atoms with van der Waals surface area (Å²) in [5.41, 5.74) is 0.749. The zero-order chi connectivity index (χ0) is 8.10. The lowest BCUT2D eigenvalue weighted by Gasteiger charge is -1.98. The van der Waals surface area contributed by atoms with Crippen LogP contribution in [0, 0.1) is 5.82 Å². The van der Waals surface area contributed by atoms with E-state index in [0.717, 1.165) is 23.7 Å². The largest absolute Gasteiger partial charge is 0.262 e. The third-order valence-corrected chi connectivity index (χ3v) is 2.00. The Morgan fingerprint density at radius 3 is 3.00 bits per heavy atom. The first-order valence-corrected chi connectivity index (χ1v) is 4.61. The van der Waals surface area contributed by atoms with E-state index < -0.39 is 0 Å². The molecule has 0 spiro atoms. The molecule has 0 radical (unpaired) electrons. The molecule has 3 heteroatoms. The van der Waals surface area contributed by atoms with Gasteiger partial charge in [0.15, 0.2) is 0 Å². The van der Waals surface area contributed by atoms with Crippen molar-refractivity contribution in [2.24, 2.45) is 0 Å². The predicted octanol–water partition coefficient (Wildman–Crippen LogP) is 2.55. The second-order valence-corrected chi connectivity index (χ2v) is 3.05. The molecule has 0 N–H and O–H groups in total. The molecule has 0 saturated heterocycles. The normalized spacial score (nSPS) is 10.0. The van der Waals surface area contributed by atoms with Gasteiger partial charge in [-0.15, -0.1) is 0 Å². The van der Waals surface area contributed by atoms with Gasteiger partial charge in [-0.25, -0.2) is 4.39 Å². The third-order valence-electron chi connectivity index (χ3n) is 1.44. The fourth-order valence-corrected chi connectivity index (χ4v) is 1.14. The van der Waals surface area contributed by atoms with E-state index in [1.54, 1.807) is 12.3 Å². The summed E-state index contributed by atoms with van der Waals surface area (Å²) in [6.07, 6.45) is 4.61. The highest BCUT2D eigenvalue weighted by Gasteiger charge is 1.98. The van der Waals surface area contributed by atoms with Crippen molar-refractivity contribution in [3.05, 3.63) is 29.8 Å². The molecule has 1 aromatic heterocycles. The SMILES string of the molecule is Fc1cnccc1CCCBr. The van der Waals surface area contributed by atoms with Crippen molar-refractivity contribution >= 4 is 15.9 Å². The van der Waals surface area contributed by atoms with Crippen molar-refractivity contribution in [1.82, 2.24) is 4.98 Å². The number of aryl methyl sites for hydroxylation is 1. The lowest BCUT2D eigenvalue weighted by Crippen LogP contribution is -1.91. The van der Waals surface area contributed by atoms with Crippen LogP contribution in [0.2, 0.25) is 0 Å². The van der Waals surface area contributed by atoms with Crippen LogP contribution in [0.1, 0.15) is 12.0 Å². The summed E-state index contributed by atoms with van der Waals surface area (Å²) in [5, 5.41) is 0.911. The Hall–Kier alpha value is -0.440. The number of hydrogen-bond donors (Lipinski definition) is 0. The summed E-state index contributed by atoms with van der Waals surface area (Å²) in [7, 11) is 0. The van der Waals surface area contributed by atoms with Crippen molar-refractivity contribution in [2.75, 3.05) is 5.33 Å². The summed E-state index contributed by atoms with van der Waals surface area (Å²) in [6.45, 7) is 0. The molecule has 0 amide bonds. The zero-order valence-corrected chi connectivity index (χ0v) is 7.64. The number of aromatic nitrogens is 1. The Kier molecular flexibility index (Phi) is 3.49. The van der Waals surface area contributed by atoms with Gasteiger partial charge in [-0.1, -0.05) is 15.9 Å². The van der Waals surface area contributed by atoms with Crippen LogP contribution in [0.3, 0.4) is 0 Å². The molecule has 1 aromatic rings. The lowest BCUT2D eigenvalue weighted by atomic mass is 10.1. The van der Waals surface area contributed by atoms with Crippen molar-refractivity contribution in [2.45, 2.75) is 12.8 Å². The maximum absolute atomic E-state index is 12.8. The van der Waals surface area contributed by atoms with Gasteiger partial charge in [-0.2, -0.15) is 0 Å². The van der Waals surface area contributed by atoms with Crippen LogP contribution in [-0.2, 0) is 6.42 Å². The van der Waals surface area contributed by atoms with E-state index in [9.17, 15) is 4.39 Å². The first-order chi connectivity index (χ1) is 5.34. The molecule has 0 aliphatic rings. The van der Waals surface area contributed by atoms with Gasteiger partial charge in [0.1, 0.15) is 5.82 Å². The van der Waals surface area contributed by atoms with E-state index in [-0.39, 0.29) is 5.82 Å². The number of rotatable bonds is 3. The Morgan fingerprint density at radius 2 is 2.36 bits per heavy atom. The molecule has 60 valence electrons. The molecule has 1 nitrogen and oxygen atoms in total. The fourth-order valence-electron chi connectivity index (χ4n) is 0.864. The van der Waals surface area contributed by atoms with E-state index in [1.165, 1.54) is 6.20 Å². The van der Waals surface area contributed by atoms with Crippen molar-refractivity contribution < 1.29 is 4.39 Å². The summed E-state index contributed by atoms with van der Waals surface area (Å²) >= 11 is 3.29. The van der Waals surface area contributed by atoms with Crippen LogP contribution >= 0.6 is 15.9 Å². The first kappa shape index (κ1) is 8.65. The fraction of sp³-hybridized carbons (Fsp3) is 0.375. The maximum atomic E-state index is 12.8. The minimum Gasteiger partial charge on any atom is -0.262 e. The van der Waals surface area contributed by atoms with Gasteiger partial charge in [-0.05, 0) is 24.5 Å².